The van der Waals surface area contributed by atoms with E-state index in [1.54, 1.807) is 17.0 Å². The third-order valence-corrected chi connectivity index (χ3v) is 4.43. The van der Waals surface area contributed by atoms with Crippen LogP contribution in [0.2, 0.25) is 0 Å². The van der Waals surface area contributed by atoms with Crippen LogP contribution in [0.25, 0.3) is 0 Å². The van der Waals surface area contributed by atoms with Gasteiger partial charge in [-0.2, -0.15) is 0 Å². The molecule has 2 aliphatic rings. The highest BCUT2D eigenvalue weighted by atomic mass is 19.1. The van der Waals surface area contributed by atoms with Gasteiger partial charge in [-0.25, -0.2) is 14.0 Å². The van der Waals surface area contributed by atoms with E-state index < -0.39 is 24.1 Å². The smallest absolute Gasteiger partial charge is 0.414 e. The van der Waals surface area contributed by atoms with E-state index >= 15 is 0 Å². The van der Waals surface area contributed by atoms with E-state index in [0.717, 1.165) is 0 Å². The fourth-order valence-corrected chi connectivity index (χ4v) is 3.01. The van der Waals surface area contributed by atoms with E-state index in [1.807, 2.05) is 0 Å². The lowest BCUT2D eigenvalue weighted by Crippen LogP contribution is -2.59. The summed E-state index contributed by atoms with van der Waals surface area (Å²) in [6.07, 6.45) is -1.58. The number of ether oxygens (including phenoxy) is 2. The third kappa shape index (κ3) is 4.21. The van der Waals surface area contributed by atoms with Crippen LogP contribution >= 0.6 is 0 Å². The highest BCUT2D eigenvalue weighted by Crippen LogP contribution is 2.30. The quantitative estimate of drug-likeness (QED) is 0.785. The van der Waals surface area contributed by atoms with Crippen LogP contribution in [-0.4, -0.2) is 63.5 Å². The van der Waals surface area contributed by atoms with Gasteiger partial charge in [0.1, 0.15) is 11.9 Å². The monoisotopic (exact) mass is 380 g/mol. The first-order valence-corrected chi connectivity index (χ1v) is 8.49. The molecular weight excluding hydrogens is 359 g/mol. The van der Waals surface area contributed by atoms with Gasteiger partial charge < -0.3 is 25.0 Å². The summed E-state index contributed by atoms with van der Waals surface area (Å²) in [6.45, 7) is 2.75. The average molecular weight is 380 g/mol. The normalized spacial score (nSPS) is 19.4. The first-order chi connectivity index (χ1) is 12.9. The summed E-state index contributed by atoms with van der Waals surface area (Å²) in [7, 11) is 1.29. The molecule has 2 heterocycles. The van der Waals surface area contributed by atoms with E-state index in [9.17, 15) is 18.8 Å². The van der Waals surface area contributed by atoms with Gasteiger partial charge in [0.25, 0.3) is 0 Å². The number of amides is 3. The van der Waals surface area contributed by atoms with Crippen LogP contribution in [0.5, 0.6) is 0 Å². The highest BCUT2D eigenvalue weighted by molar-refractivity contribution is 5.90. The van der Waals surface area contributed by atoms with Crippen molar-refractivity contribution in [1.82, 2.24) is 10.6 Å². The Hall–Kier alpha value is -3.04. The van der Waals surface area contributed by atoms with E-state index in [4.69, 9.17) is 4.74 Å². The van der Waals surface area contributed by atoms with Gasteiger partial charge in [0, 0.05) is 20.0 Å². The van der Waals surface area contributed by atoms with Crippen LogP contribution in [0.1, 0.15) is 6.92 Å². The molecular formula is C17H21FN4O5. The van der Waals surface area contributed by atoms with Crippen LogP contribution in [0.15, 0.2) is 18.2 Å². The maximum absolute atomic E-state index is 14.5. The van der Waals surface area contributed by atoms with Gasteiger partial charge in [0.05, 0.1) is 37.6 Å². The average Bonchev–Trinajstić information content (AvgIpc) is 2.97. The molecule has 0 spiro atoms. The van der Waals surface area contributed by atoms with Crippen molar-refractivity contribution in [3.63, 3.8) is 0 Å². The van der Waals surface area contributed by atoms with Crippen molar-refractivity contribution in [2.75, 3.05) is 43.1 Å². The molecule has 9 nitrogen and oxygen atoms in total. The molecule has 0 saturated carbocycles. The first-order valence-electron chi connectivity index (χ1n) is 8.49. The molecule has 2 saturated heterocycles. The zero-order valence-electron chi connectivity index (χ0n) is 15.0. The van der Waals surface area contributed by atoms with E-state index in [-0.39, 0.29) is 25.0 Å². The van der Waals surface area contributed by atoms with Gasteiger partial charge in [-0.15, -0.1) is 0 Å². The Morgan fingerprint density at radius 1 is 1.33 bits per heavy atom. The van der Waals surface area contributed by atoms with Crippen LogP contribution in [0, 0.1) is 5.82 Å². The van der Waals surface area contributed by atoms with Gasteiger partial charge >= 0.3 is 12.2 Å². The van der Waals surface area contributed by atoms with Gasteiger partial charge in [0.2, 0.25) is 5.91 Å². The number of methoxy groups -OCH3 is 1. The number of nitrogens with zero attached hydrogens (tertiary/aromatic N) is 2. The summed E-state index contributed by atoms with van der Waals surface area (Å²) in [6, 6.07) is 4.41. The molecule has 0 aliphatic carbocycles. The summed E-state index contributed by atoms with van der Waals surface area (Å²) < 4.78 is 24.2. The van der Waals surface area contributed by atoms with Crippen molar-refractivity contribution in [1.29, 1.82) is 0 Å². The Morgan fingerprint density at radius 2 is 2.07 bits per heavy atom. The molecule has 3 amide bonds. The lowest BCUT2D eigenvalue weighted by Gasteiger charge is -2.41. The minimum Gasteiger partial charge on any atom is -0.453 e. The first kappa shape index (κ1) is 18.7. The van der Waals surface area contributed by atoms with Crippen molar-refractivity contribution in [2.45, 2.75) is 19.1 Å². The number of anilines is 2. The predicted molar refractivity (Wildman–Crippen MR) is 94.2 cm³/mol. The number of nitrogens with one attached hydrogen (secondary N) is 2. The molecule has 2 fully saturated rings. The number of rotatable bonds is 5. The van der Waals surface area contributed by atoms with E-state index in [0.29, 0.717) is 24.5 Å². The standard InChI is InChI=1S/C17H21FN4O5/c1-10(23)19-6-13-9-22(17(25)27-13)12-3-4-15(14(18)5-12)21-7-11(8-21)20-16(24)26-2/h3-5,11,13H,6-9H2,1-2H3,(H,19,23)(H,20,24). The zero-order chi connectivity index (χ0) is 19.6. The molecule has 1 aromatic rings. The van der Waals surface area contributed by atoms with Gasteiger partial charge in [-0.1, -0.05) is 0 Å². The van der Waals surface area contributed by atoms with Crippen LogP contribution in [-0.2, 0) is 14.3 Å². The second-order valence-electron chi connectivity index (χ2n) is 6.43. The minimum absolute atomic E-state index is 0.0976. The molecule has 0 bridgehead atoms. The number of hydrogen-bond acceptors (Lipinski definition) is 6. The van der Waals surface area contributed by atoms with E-state index in [1.165, 1.54) is 25.0 Å². The van der Waals surface area contributed by atoms with Crippen LogP contribution < -0.4 is 20.4 Å². The molecule has 10 heteroatoms. The van der Waals surface area contributed by atoms with Crippen molar-refractivity contribution in [3.8, 4) is 0 Å². The van der Waals surface area contributed by atoms with Crippen molar-refractivity contribution in [3.05, 3.63) is 24.0 Å². The Labute approximate surface area is 155 Å². The minimum atomic E-state index is -0.580. The maximum atomic E-state index is 14.5. The predicted octanol–water partition coefficient (Wildman–Crippen LogP) is 0.832. The fourth-order valence-electron chi connectivity index (χ4n) is 3.01. The Balaban J connectivity index is 1.60. The maximum Gasteiger partial charge on any atom is 0.414 e. The Morgan fingerprint density at radius 3 is 2.70 bits per heavy atom. The number of carbonyl (C=O) groups excluding carboxylic acids is 3. The summed E-state index contributed by atoms with van der Waals surface area (Å²) in [5.74, 6) is -0.684. The van der Waals surface area contributed by atoms with Crippen molar-refractivity contribution >= 4 is 29.5 Å². The molecule has 3 rings (SSSR count). The number of alkyl carbamates (subject to hydrolysis) is 1. The van der Waals surface area contributed by atoms with Gasteiger partial charge in [-0.05, 0) is 18.2 Å². The third-order valence-electron chi connectivity index (χ3n) is 4.43. The molecule has 0 radical (unpaired) electrons. The molecule has 146 valence electrons. The summed E-state index contributed by atoms with van der Waals surface area (Å²) in [5, 5.41) is 5.24. The van der Waals surface area contributed by atoms with Crippen molar-refractivity contribution < 1.29 is 28.2 Å². The summed E-state index contributed by atoms with van der Waals surface area (Å²) in [4.78, 5) is 37.2. The SMILES string of the molecule is COC(=O)NC1CN(c2ccc(N3CC(CNC(C)=O)OC3=O)cc2F)C1. The van der Waals surface area contributed by atoms with Crippen molar-refractivity contribution in [2.24, 2.45) is 0 Å². The second-order valence-corrected chi connectivity index (χ2v) is 6.43. The number of carbonyl (C=O) groups is 3. The van der Waals surface area contributed by atoms with Gasteiger partial charge in [-0.3, -0.25) is 9.69 Å². The molecule has 1 unspecified atom stereocenters. The highest BCUT2D eigenvalue weighted by Gasteiger charge is 2.34. The summed E-state index contributed by atoms with van der Waals surface area (Å²) in [5.41, 5.74) is 0.778. The Kier molecular flexibility index (Phi) is 5.33. The number of cyclic esters (lactones) is 1. The largest absolute Gasteiger partial charge is 0.453 e. The van der Waals surface area contributed by atoms with Crippen LogP contribution in [0.3, 0.4) is 0 Å². The van der Waals surface area contributed by atoms with E-state index in [2.05, 4.69) is 15.4 Å². The number of benzene rings is 1. The fraction of sp³-hybridized carbons (Fsp3) is 0.471. The molecule has 1 aromatic carbocycles. The molecule has 1 atom stereocenters. The number of halogens is 1. The van der Waals surface area contributed by atoms with Crippen LogP contribution in [0.4, 0.5) is 25.4 Å². The Bertz CT molecular complexity index is 753. The lowest BCUT2D eigenvalue weighted by molar-refractivity contribution is -0.119. The lowest BCUT2D eigenvalue weighted by atomic mass is 10.1. The second kappa shape index (κ2) is 7.68. The molecule has 27 heavy (non-hydrogen) atoms. The summed E-state index contributed by atoms with van der Waals surface area (Å²) >= 11 is 0. The zero-order valence-corrected chi connectivity index (χ0v) is 15.0. The molecule has 2 N–H and O–H groups in total. The number of hydrogen-bond donors (Lipinski definition) is 2. The molecule has 0 aromatic heterocycles. The molecule has 2 aliphatic heterocycles. The topological polar surface area (TPSA) is 100 Å². The van der Waals surface area contributed by atoms with Gasteiger partial charge in [0.15, 0.2) is 0 Å².